The summed E-state index contributed by atoms with van der Waals surface area (Å²) in [6.07, 6.45) is -0.382. The van der Waals surface area contributed by atoms with Gasteiger partial charge in [0.1, 0.15) is 0 Å². The van der Waals surface area contributed by atoms with Crippen LogP contribution in [-0.4, -0.2) is 41.3 Å². The SMILES string of the molecule is Cc1cc(C(=O)NCC2CNCC2O)c(C)n1-c1ccccc1.Cl. The minimum absolute atomic E-state index is 0. The lowest BCUT2D eigenvalue weighted by Gasteiger charge is -2.14. The summed E-state index contributed by atoms with van der Waals surface area (Å²) in [4.78, 5) is 12.5. The van der Waals surface area contributed by atoms with Crippen LogP contribution in [-0.2, 0) is 0 Å². The first-order chi connectivity index (χ1) is 11.1. The van der Waals surface area contributed by atoms with E-state index in [-0.39, 0.29) is 30.3 Å². The van der Waals surface area contributed by atoms with Gasteiger partial charge in [0, 0.05) is 42.6 Å². The number of nitrogens with zero attached hydrogens (tertiary/aromatic N) is 1. The largest absolute Gasteiger partial charge is 0.391 e. The number of hydrogen-bond acceptors (Lipinski definition) is 3. The molecule has 2 heterocycles. The normalized spacial score (nSPS) is 19.8. The maximum Gasteiger partial charge on any atom is 0.253 e. The molecule has 1 aliphatic heterocycles. The van der Waals surface area contributed by atoms with Gasteiger partial charge in [0.15, 0.2) is 0 Å². The van der Waals surface area contributed by atoms with Gasteiger partial charge in [-0.25, -0.2) is 0 Å². The third-order valence-electron chi connectivity index (χ3n) is 4.52. The number of para-hydroxylation sites is 1. The van der Waals surface area contributed by atoms with Crippen molar-refractivity contribution < 1.29 is 9.90 Å². The van der Waals surface area contributed by atoms with Crippen molar-refractivity contribution in [2.75, 3.05) is 19.6 Å². The van der Waals surface area contributed by atoms with E-state index >= 15 is 0 Å². The van der Waals surface area contributed by atoms with Gasteiger partial charge in [-0.1, -0.05) is 18.2 Å². The second-order valence-corrected chi connectivity index (χ2v) is 6.15. The van der Waals surface area contributed by atoms with Crippen molar-refractivity contribution in [3.8, 4) is 5.69 Å². The average Bonchev–Trinajstić information content (AvgIpc) is 3.09. The monoisotopic (exact) mass is 349 g/mol. The van der Waals surface area contributed by atoms with Gasteiger partial charge in [-0.3, -0.25) is 4.79 Å². The maximum absolute atomic E-state index is 12.5. The fraction of sp³-hybridized carbons (Fsp3) is 0.389. The van der Waals surface area contributed by atoms with Gasteiger partial charge in [-0.05, 0) is 32.0 Å². The van der Waals surface area contributed by atoms with E-state index in [4.69, 9.17) is 0 Å². The standard InChI is InChI=1S/C18H23N3O2.ClH/c1-12-8-16(13(2)21(12)15-6-4-3-5-7-15)18(23)20-10-14-9-19-11-17(14)22;/h3-8,14,17,19,22H,9-11H2,1-2H3,(H,20,23);1H. The predicted molar refractivity (Wildman–Crippen MR) is 97.2 cm³/mol. The molecular weight excluding hydrogens is 326 g/mol. The van der Waals surface area contributed by atoms with E-state index in [1.165, 1.54) is 0 Å². The molecule has 3 rings (SSSR count). The molecule has 2 aromatic rings. The number of carbonyl (C=O) groups is 1. The number of aromatic nitrogens is 1. The molecule has 1 saturated heterocycles. The summed E-state index contributed by atoms with van der Waals surface area (Å²) >= 11 is 0. The Balaban J connectivity index is 0.00000208. The molecule has 1 amide bonds. The highest BCUT2D eigenvalue weighted by molar-refractivity contribution is 5.95. The Kier molecular flexibility index (Phi) is 6.04. The van der Waals surface area contributed by atoms with Crippen LogP contribution in [0.5, 0.6) is 0 Å². The molecule has 1 aliphatic rings. The number of β-amino-alcohol motifs (C(OH)–C–C–N with tert-alkyl or cyclic N) is 1. The zero-order valence-corrected chi connectivity index (χ0v) is 14.8. The van der Waals surface area contributed by atoms with Crippen LogP contribution < -0.4 is 10.6 Å². The van der Waals surface area contributed by atoms with Crippen LogP contribution in [0.1, 0.15) is 21.7 Å². The molecule has 5 nitrogen and oxygen atoms in total. The Labute approximate surface area is 148 Å². The van der Waals surface area contributed by atoms with Gasteiger partial charge in [0.25, 0.3) is 5.91 Å². The summed E-state index contributed by atoms with van der Waals surface area (Å²) in [5.41, 5.74) is 3.70. The quantitative estimate of drug-likeness (QED) is 0.789. The van der Waals surface area contributed by atoms with Crippen molar-refractivity contribution in [1.29, 1.82) is 0 Å². The van der Waals surface area contributed by atoms with E-state index < -0.39 is 0 Å². The minimum atomic E-state index is -0.382. The van der Waals surface area contributed by atoms with E-state index in [0.29, 0.717) is 18.7 Å². The number of carbonyl (C=O) groups excluding carboxylic acids is 1. The van der Waals surface area contributed by atoms with Crippen molar-refractivity contribution in [2.24, 2.45) is 5.92 Å². The number of rotatable bonds is 4. The number of nitrogens with one attached hydrogen (secondary N) is 2. The molecule has 0 spiro atoms. The summed E-state index contributed by atoms with van der Waals surface area (Å²) in [7, 11) is 0. The Hall–Kier alpha value is -1.82. The fourth-order valence-corrected chi connectivity index (χ4v) is 3.21. The number of benzene rings is 1. The maximum atomic E-state index is 12.5. The molecule has 2 atom stereocenters. The molecule has 0 radical (unpaired) electrons. The van der Waals surface area contributed by atoms with E-state index in [9.17, 15) is 9.90 Å². The van der Waals surface area contributed by atoms with Gasteiger partial charge < -0.3 is 20.3 Å². The van der Waals surface area contributed by atoms with Crippen LogP contribution in [0.3, 0.4) is 0 Å². The van der Waals surface area contributed by atoms with Crippen LogP contribution in [0.25, 0.3) is 5.69 Å². The number of hydrogen-bond donors (Lipinski definition) is 3. The van der Waals surface area contributed by atoms with E-state index in [2.05, 4.69) is 15.2 Å². The molecule has 1 fully saturated rings. The highest BCUT2D eigenvalue weighted by Gasteiger charge is 2.25. The molecule has 2 unspecified atom stereocenters. The summed E-state index contributed by atoms with van der Waals surface area (Å²) in [5, 5.41) is 15.9. The molecule has 24 heavy (non-hydrogen) atoms. The van der Waals surface area contributed by atoms with Crippen molar-refractivity contribution in [1.82, 2.24) is 15.2 Å². The van der Waals surface area contributed by atoms with Crippen LogP contribution >= 0.6 is 12.4 Å². The Bertz CT molecular complexity index is 700. The Morgan fingerprint density at radius 1 is 1.29 bits per heavy atom. The smallest absolute Gasteiger partial charge is 0.253 e. The van der Waals surface area contributed by atoms with E-state index in [1.807, 2.05) is 50.2 Å². The summed E-state index contributed by atoms with van der Waals surface area (Å²) < 4.78 is 2.08. The molecule has 0 aliphatic carbocycles. The highest BCUT2D eigenvalue weighted by atomic mass is 35.5. The molecule has 1 aromatic heterocycles. The fourth-order valence-electron chi connectivity index (χ4n) is 3.21. The zero-order chi connectivity index (χ0) is 16.4. The Morgan fingerprint density at radius 3 is 2.62 bits per heavy atom. The zero-order valence-electron chi connectivity index (χ0n) is 14.0. The van der Waals surface area contributed by atoms with E-state index in [0.717, 1.165) is 23.6 Å². The van der Waals surface area contributed by atoms with Crippen molar-refractivity contribution >= 4 is 18.3 Å². The van der Waals surface area contributed by atoms with Crippen molar-refractivity contribution in [3.63, 3.8) is 0 Å². The summed E-state index contributed by atoms with van der Waals surface area (Å²) in [6, 6.07) is 11.9. The number of amides is 1. The first-order valence-electron chi connectivity index (χ1n) is 7.99. The first-order valence-corrected chi connectivity index (χ1v) is 7.99. The van der Waals surface area contributed by atoms with Gasteiger partial charge in [0.2, 0.25) is 0 Å². The number of halogens is 1. The third kappa shape index (κ3) is 3.64. The molecule has 6 heteroatoms. The van der Waals surface area contributed by atoms with Crippen LogP contribution in [0.2, 0.25) is 0 Å². The lowest BCUT2D eigenvalue weighted by molar-refractivity contribution is 0.0926. The van der Waals surface area contributed by atoms with Gasteiger partial charge in [0.05, 0.1) is 11.7 Å². The van der Waals surface area contributed by atoms with Crippen LogP contribution in [0, 0.1) is 19.8 Å². The molecule has 130 valence electrons. The molecule has 3 N–H and O–H groups in total. The lowest BCUT2D eigenvalue weighted by Crippen LogP contribution is -2.34. The number of aliphatic hydroxyl groups excluding tert-OH is 1. The summed E-state index contributed by atoms with van der Waals surface area (Å²) in [5.74, 6) is -0.00376. The molecule has 0 bridgehead atoms. The first kappa shape index (κ1) is 18.5. The van der Waals surface area contributed by atoms with Crippen molar-refractivity contribution in [2.45, 2.75) is 20.0 Å². The third-order valence-corrected chi connectivity index (χ3v) is 4.52. The second-order valence-electron chi connectivity index (χ2n) is 6.15. The van der Waals surface area contributed by atoms with Crippen molar-refractivity contribution in [3.05, 3.63) is 53.3 Å². The van der Waals surface area contributed by atoms with Gasteiger partial charge >= 0.3 is 0 Å². The van der Waals surface area contributed by atoms with Crippen LogP contribution in [0.4, 0.5) is 0 Å². The van der Waals surface area contributed by atoms with Gasteiger partial charge in [-0.2, -0.15) is 0 Å². The topological polar surface area (TPSA) is 66.3 Å². The second kappa shape index (κ2) is 7.83. The lowest BCUT2D eigenvalue weighted by atomic mass is 10.1. The number of aryl methyl sites for hydroxylation is 1. The minimum Gasteiger partial charge on any atom is -0.391 e. The number of aliphatic hydroxyl groups is 1. The van der Waals surface area contributed by atoms with E-state index in [1.54, 1.807) is 0 Å². The average molecular weight is 350 g/mol. The molecule has 1 aromatic carbocycles. The van der Waals surface area contributed by atoms with Crippen LogP contribution in [0.15, 0.2) is 36.4 Å². The van der Waals surface area contributed by atoms with Gasteiger partial charge in [-0.15, -0.1) is 12.4 Å². The Morgan fingerprint density at radius 2 is 2.00 bits per heavy atom. The predicted octanol–water partition coefficient (Wildman–Crippen LogP) is 1.83. The highest BCUT2D eigenvalue weighted by Crippen LogP contribution is 2.20. The molecular formula is C18H24ClN3O2. The molecule has 0 saturated carbocycles. The summed E-state index contributed by atoms with van der Waals surface area (Å²) in [6.45, 7) is 5.79.